The van der Waals surface area contributed by atoms with E-state index < -0.39 is 28.3 Å². The number of pyridine rings is 1. The van der Waals surface area contributed by atoms with Gasteiger partial charge in [-0.2, -0.15) is 13.2 Å². The largest absolute Gasteiger partial charge is 0.403 e. The average Bonchev–Trinajstić information content (AvgIpc) is 1.96. The molecule has 0 fully saturated rings. The van der Waals surface area contributed by atoms with E-state index in [0.29, 0.717) is 0 Å². The van der Waals surface area contributed by atoms with E-state index in [1.807, 2.05) is 0 Å². The van der Waals surface area contributed by atoms with Gasteiger partial charge >= 0.3 is 11.8 Å². The third kappa shape index (κ3) is 1.34. The van der Waals surface area contributed by atoms with Crippen LogP contribution in [0.3, 0.4) is 0 Å². The molecule has 0 radical (unpaired) electrons. The van der Waals surface area contributed by atoms with E-state index in [1.54, 1.807) is 0 Å². The first-order chi connectivity index (χ1) is 5.52. The Morgan fingerprint density at radius 2 is 1.92 bits per heavy atom. The van der Waals surface area contributed by atoms with Crippen molar-refractivity contribution in [2.75, 3.05) is 0 Å². The van der Waals surface area contributed by atoms with Gasteiger partial charge in [-0.05, 0) is 4.92 Å². The van der Waals surface area contributed by atoms with Crippen LogP contribution in [-0.4, -0.2) is 9.91 Å². The molecular formula is C5HF3N2O2. The summed E-state index contributed by atoms with van der Waals surface area (Å²) in [5.74, 6) is -6.07. The number of nitrogens with zero attached hydrogens (tertiary/aromatic N) is 2. The van der Waals surface area contributed by atoms with Crippen LogP contribution in [0.2, 0.25) is 0 Å². The minimum Gasteiger partial charge on any atom is -0.358 e. The van der Waals surface area contributed by atoms with Gasteiger partial charge in [-0.15, -0.1) is 0 Å². The Labute approximate surface area is 63.8 Å². The monoisotopic (exact) mass is 178 g/mol. The Morgan fingerprint density at radius 1 is 1.33 bits per heavy atom. The van der Waals surface area contributed by atoms with E-state index in [0.717, 1.165) is 0 Å². The van der Waals surface area contributed by atoms with E-state index >= 15 is 0 Å². The second-order valence-electron chi connectivity index (χ2n) is 1.82. The summed E-state index contributed by atoms with van der Waals surface area (Å²) in [6.45, 7) is 0. The van der Waals surface area contributed by atoms with E-state index in [4.69, 9.17) is 0 Å². The summed E-state index contributed by atoms with van der Waals surface area (Å²) >= 11 is 0. The van der Waals surface area contributed by atoms with Crippen LogP contribution in [0.25, 0.3) is 0 Å². The smallest absolute Gasteiger partial charge is 0.358 e. The van der Waals surface area contributed by atoms with Gasteiger partial charge in [-0.3, -0.25) is 0 Å². The first kappa shape index (κ1) is 8.44. The van der Waals surface area contributed by atoms with Crippen molar-refractivity contribution in [2.24, 2.45) is 0 Å². The van der Waals surface area contributed by atoms with E-state index in [-0.39, 0.29) is 6.07 Å². The quantitative estimate of drug-likeness (QED) is 0.371. The first-order valence-electron chi connectivity index (χ1n) is 2.68. The predicted octanol–water partition coefficient (Wildman–Crippen LogP) is 1.41. The highest BCUT2D eigenvalue weighted by Gasteiger charge is 2.21. The predicted molar refractivity (Wildman–Crippen MR) is 30.8 cm³/mol. The summed E-state index contributed by atoms with van der Waals surface area (Å²) in [5.41, 5.74) is 0. The third-order valence-electron chi connectivity index (χ3n) is 1.04. The summed E-state index contributed by atoms with van der Waals surface area (Å²) in [7, 11) is 0. The molecule has 0 N–H and O–H groups in total. The molecule has 0 aliphatic rings. The minimum absolute atomic E-state index is 0.0699. The second kappa shape index (κ2) is 2.76. The van der Waals surface area contributed by atoms with Gasteiger partial charge in [0, 0.05) is 11.1 Å². The van der Waals surface area contributed by atoms with Gasteiger partial charge in [0.05, 0.1) is 0 Å². The standard InChI is InChI=1S/C5HF3N2O2/c6-2-1-3(7)5(10(11)12)9-4(2)8/h1H. The molecule has 0 aromatic carbocycles. The maximum atomic E-state index is 12.4. The second-order valence-corrected chi connectivity index (χ2v) is 1.82. The van der Waals surface area contributed by atoms with Crippen LogP contribution in [-0.2, 0) is 0 Å². The maximum Gasteiger partial charge on any atom is 0.403 e. The van der Waals surface area contributed by atoms with E-state index in [1.165, 1.54) is 0 Å². The molecule has 1 rings (SSSR count). The highest BCUT2D eigenvalue weighted by atomic mass is 19.2. The molecular weight excluding hydrogens is 177 g/mol. The lowest BCUT2D eigenvalue weighted by molar-refractivity contribution is -0.392. The number of halogens is 3. The lowest BCUT2D eigenvalue weighted by atomic mass is 10.4. The van der Waals surface area contributed by atoms with Crippen molar-refractivity contribution >= 4 is 5.82 Å². The molecule has 1 heterocycles. The Kier molecular flexibility index (Phi) is 1.94. The molecule has 0 aliphatic carbocycles. The Morgan fingerprint density at radius 3 is 2.42 bits per heavy atom. The molecule has 4 nitrogen and oxygen atoms in total. The maximum absolute atomic E-state index is 12.4. The normalized spacial score (nSPS) is 9.92. The third-order valence-corrected chi connectivity index (χ3v) is 1.04. The van der Waals surface area contributed by atoms with Crippen LogP contribution in [0.15, 0.2) is 6.07 Å². The van der Waals surface area contributed by atoms with Gasteiger partial charge in [0.1, 0.15) is 0 Å². The number of hydrogen-bond donors (Lipinski definition) is 0. The molecule has 0 spiro atoms. The SMILES string of the molecule is O=[N+]([O-])c1nc(F)c(F)cc1F. The van der Waals surface area contributed by atoms with Crippen molar-refractivity contribution in [3.8, 4) is 0 Å². The molecule has 1 aromatic heterocycles. The van der Waals surface area contributed by atoms with Crippen LogP contribution >= 0.6 is 0 Å². The topological polar surface area (TPSA) is 56.0 Å². The van der Waals surface area contributed by atoms with Crippen LogP contribution in [0.4, 0.5) is 19.0 Å². The highest BCUT2D eigenvalue weighted by molar-refractivity contribution is 5.21. The summed E-state index contributed by atoms with van der Waals surface area (Å²) in [5, 5.41) is 9.90. The lowest BCUT2D eigenvalue weighted by Gasteiger charge is -1.92. The van der Waals surface area contributed by atoms with Gasteiger partial charge in [-0.25, -0.2) is 0 Å². The van der Waals surface area contributed by atoms with Gasteiger partial charge in [0.2, 0.25) is 11.6 Å². The van der Waals surface area contributed by atoms with E-state index in [9.17, 15) is 23.3 Å². The molecule has 0 unspecified atom stereocenters. The van der Waals surface area contributed by atoms with Crippen molar-refractivity contribution in [2.45, 2.75) is 0 Å². The minimum atomic E-state index is -1.69. The average molecular weight is 178 g/mol. The van der Waals surface area contributed by atoms with Crippen LogP contribution < -0.4 is 0 Å². The Hall–Kier alpha value is -1.66. The molecule has 0 aliphatic heterocycles. The van der Waals surface area contributed by atoms with Crippen LogP contribution in [0, 0.1) is 27.7 Å². The highest BCUT2D eigenvalue weighted by Crippen LogP contribution is 2.15. The molecule has 12 heavy (non-hydrogen) atoms. The Balaban J connectivity index is 3.33. The zero-order chi connectivity index (χ0) is 9.30. The van der Waals surface area contributed by atoms with E-state index in [2.05, 4.69) is 4.98 Å². The molecule has 0 saturated carbocycles. The zero-order valence-corrected chi connectivity index (χ0v) is 5.42. The van der Waals surface area contributed by atoms with Crippen molar-refractivity contribution in [3.63, 3.8) is 0 Å². The molecule has 1 aromatic rings. The van der Waals surface area contributed by atoms with Crippen molar-refractivity contribution in [1.29, 1.82) is 0 Å². The van der Waals surface area contributed by atoms with Gasteiger partial charge in [0.15, 0.2) is 0 Å². The summed E-state index contributed by atoms with van der Waals surface area (Å²) < 4.78 is 36.7. The summed E-state index contributed by atoms with van der Waals surface area (Å²) in [4.78, 5) is 11.1. The molecule has 7 heteroatoms. The van der Waals surface area contributed by atoms with Gasteiger partial charge < -0.3 is 10.1 Å². The summed E-state index contributed by atoms with van der Waals surface area (Å²) in [6.07, 6.45) is 0. The first-order valence-corrected chi connectivity index (χ1v) is 2.68. The molecule has 0 atom stereocenters. The number of rotatable bonds is 1. The van der Waals surface area contributed by atoms with Crippen molar-refractivity contribution in [1.82, 2.24) is 4.98 Å². The Bertz CT molecular complexity index is 342. The van der Waals surface area contributed by atoms with Crippen LogP contribution in [0.5, 0.6) is 0 Å². The zero-order valence-electron chi connectivity index (χ0n) is 5.42. The fourth-order valence-electron chi connectivity index (χ4n) is 0.563. The number of hydrogen-bond acceptors (Lipinski definition) is 3. The van der Waals surface area contributed by atoms with Crippen molar-refractivity contribution < 1.29 is 18.1 Å². The van der Waals surface area contributed by atoms with Crippen LogP contribution in [0.1, 0.15) is 0 Å². The number of aromatic nitrogens is 1. The summed E-state index contributed by atoms with van der Waals surface area (Å²) in [6, 6.07) is 0.0699. The fourth-order valence-corrected chi connectivity index (χ4v) is 0.563. The molecule has 0 bridgehead atoms. The molecule has 0 amide bonds. The molecule has 64 valence electrons. The fraction of sp³-hybridized carbons (Fsp3) is 0. The van der Waals surface area contributed by atoms with Gasteiger partial charge in [-0.1, -0.05) is 0 Å². The van der Waals surface area contributed by atoms with Crippen molar-refractivity contribution in [3.05, 3.63) is 33.8 Å². The lowest BCUT2D eigenvalue weighted by Crippen LogP contribution is -2.00. The van der Waals surface area contributed by atoms with Gasteiger partial charge in [0.25, 0.3) is 0 Å². The number of nitro groups is 1. The molecule has 0 saturated heterocycles.